The minimum Gasteiger partial charge on any atom is -0.347 e. The first-order valence-electron chi connectivity index (χ1n) is 10.2. The lowest BCUT2D eigenvalue weighted by atomic mass is 9.94. The van der Waals surface area contributed by atoms with Gasteiger partial charge in [0.1, 0.15) is 4.88 Å². The molecule has 1 fully saturated rings. The van der Waals surface area contributed by atoms with Gasteiger partial charge in [-0.1, -0.05) is 0 Å². The van der Waals surface area contributed by atoms with Crippen molar-refractivity contribution < 1.29 is 4.79 Å². The van der Waals surface area contributed by atoms with Crippen molar-refractivity contribution in [3.05, 3.63) is 52.0 Å². The first-order valence-corrected chi connectivity index (χ1v) is 11.0. The highest BCUT2D eigenvalue weighted by Crippen LogP contribution is 2.37. The maximum atomic E-state index is 13.5. The molecule has 0 aromatic carbocycles. The zero-order chi connectivity index (χ0) is 21.3. The summed E-state index contributed by atoms with van der Waals surface area (Å²) < 4.78 is 0. The van der Waals surface area contributed by atoms with Gasteiger partial charge in [0, 0.05) is 44.8 Å². The molecule has 0 saturated carbocycles. The molecule has 0 bridgehead atoms. The van der Waals surface area contributed by atoms with Gasteiger partial charge in [-0.15, -0.1) is 11.3 Å². The fraction of sp³-hybridized carbons (Fsp3) is 0.409. The van der Waals surface area contributed by atoms with E-state index in [1.54, 1.807) is 12.4 Å². The van der Waals surface area contributed by atoms with Gasteiger partial charge in [-0.05, 0) is 50.8 Å². The van der Waals surface area contributed by atoms with Crippen molar-refractivity contribution in [2.45, 2.75) is 39.2 Å². The average Bonchev–Trinajstić information content (AvgIpc) is 3.11. The standard InChI is InChI=1S/C22H26N6OS/c1-14-20(30-15(2)25-14)21(29)28-12-6-5-7-18(28)19-17(16-8-10-23-11-9-16)13-24-22(26-19)27(3)4/h8-11,13,18H,5-7,12H2,1-4H3/t18-/m0/s1. The van der Waals surface area contributed by atoms with Gasteiger partial charge in [0.15, 0.2) is 0 Å². The van der Waals surface area contributed by atoms with Crippen LogP contribution in [-0.4, -0.2) is 51.4 Å². The Kier molecular flexibility index (Phi) is 5.76. The molecule has 0 radical (unpaired) electrons. The van der Waals surface area contributed by atoms with Crippen LogP contribution in [0.2, 0.25) is 0 Å². The number of thiazole rings is 1. The molecule has 1 aliphatic rings. The van der Waals surface area contributed by atoms with E-state index in [0.29, 0.717) is 5.95 Å². The van der Waals surface area contributed by atoms with Crippen molar-refractivity contribution in [3.8, 4) is 11.1 Å². The largest absolute Gasteiger partial charge is 0.347 e. The lowest BCUT2D eigenvalue weighted by Crippen LogP contribution is -2.39. The Morgan fingerprint density at radius 1 is 1.17 bits per heavy atom. The summed E-state index contributed by atoms with van der Waals surface area (Å²) in [6.45, 7) is 4.57. The fourth-order valence-corrected chi connectivity index (χ4v) is 4.80. The van der Waals surface area contributed by atoms with Crippen molar-refractivity contribution in [2.24, 2.45) is 0 Å². The summed E-state index contributed by atoms with van der Waals surface area (Å²) in [6, 6.07) is 3.82. The van der Waals surface area contributed by atoms with Gasteiger partial charge in [0.25, 0.3) is 5.91 Å². The third-order valence-corrected chi connectivity index (χ3v) is 6.43. The number of carbonyl (C=O) groups excluding carboxylic acids is 1. The predicted molar refractivity (Wildman–Crippen MR) is 119 cm³/mol. The molecule has 0 unspecified atom stereocenters. The molecule has 0 N–H and O–H groups in total. The number of rotatable bonds is 4. The summed E-state index contributed by atoms with van der Waals surface area (Å²) in [6.07, 6.45) is 8.34. The van der Waals surface area contributed by atoms with Crippen LogP contribution in [0.25, 0.3) is 11.1 Å². The third-order valence-electron chi connectivity index (χ3n) is 5.37. The normalized spacial score (nSPS) is 16.5. The van der Waals surface area contributed by atoms with E-state index in [1.807, 2.05) is 56.1 Å². The Labute approximate surface area is 180 Å². The lowest BCUT2D eigenvalue weighted by Gasteiger charge is -2.36. The summed E-state index contributed by atoms with van der Waals surface area (Å²) in [5, 5.41) is 0.916. The Bertz CT molecular complexity index is 1050. The van der Waals surface area contributed by atoms with Gasteiger partial charge in [0.05, 0.1) is 22.4 Å². The number of hydrogen-bond donors (Lipinski definition) is 0. The van der Waals surface area contributed by atoms with Crippen molar-refractivity contribution in [1.82, 2.24) is 24.8 Å². The number of amides is 1. The number of anilines is 1. The van der Waals surface area contributed by atoms with Crippen LogP contribution >= 0.6 is 11.3 Å². The second kappa shape index (κ2) is 8.47. The molecule has 3 aromatic rings. The highest BCUT2D eigenvalue weighted by molar-refractivity contribution is 7.13. The molecular weight excluding hydrogens is 396 g/mol. The van der Waals surface area contributed by atoms with Crippen LogP contribution in [0.4, 0.5) is 5.95 Å². The Morgan fingerprint density at radius 3 is 2.60 bits per heavy atom. The summed E-state index contributed by atoms with van der Waals surface area (Å²) in [7, 11) is 3.86. The number of pyridine rings is 1. The second-order valence-electron chi connectivity index (χ2n) is 7.76. The lowest BCUT2D eigenvalue weighted by molar-refractivity contribution is 0.0611. The minimum atomic E-state index is -0.0991. The maximum Gasteiger partial charge on any atom is 0.266 e. The van der Waals surface area contributed by atoms with E-state index in [1.165, 1.54) is 11.3 Å². The number of hydrogen-bond acceptors (Lipinski definition) is 7. The van der Waals surface area contributed by atoms with Gasteiger partial charge in [0.2, 0.25) is 5.95 Å². The van der Waals surface area contributed by atoms with Crippen LogP contribution in [0, 0.1) is 13.8 Å². The highest BCUT2D eigenvalue weighted by Gasteiger charge is 2.33. The molecule has 1 aliphatic heterocycles. The molecule has 1 amide bonds. The zero-order valence-corrected chi connectivity index (χ0v) is 18.6. The quantitative estimate of drug-likeness (QED) is 0.632. The van der Waals surface area contributed by atoms with E-state index in [4.69, 9.17) is 4.98 Å². The van der Waals surface area contributed by atoms with Crippen molar-refractivity contribution >= 4 is 23.2 Å². The Hall–Kier alpha value is -2.87. The van der Waals surface area contributed by atoms with Gasteiger partial charge in [-0.2, -0.15) is 0 Å². The summed E-state index contributed by atoms with van der Waals surface area (Å²) >= 11 is 1.47. The van der Waals surface area contributed by atoms with E-state index >= 15 is 0 Å². The van der Waals surface area contributed by atoms with Crippen molar-refractivity contribution in [2.75, 3.05) is 25.5 Å². The van der Waals surface area contributed by atoms with Gasteiger partial charge in [-0.25, -0.2) is 15.0 Å². The predicted octanol–water partition coefficient (Wildman–Crippen LogP) is 4.05. The molecule has 0 spiro atoms. The van der Waals surface area contributed by atoms with Crippen molar-refractivity contribution in [3.63, 3.8) is 0 Å². The van der Waals surface area contributed by atoms with Crippen LogP contribution in [0.5, 0.6) is 0 Å². The molecule has 8 heteroatoms. The molecule has 30 heavy (non-hydrogen) atoms. The molecule has 7 nitrogen and oxygen atoms in total. The number of aromatic nitrogens is 4. The smallest absolute Gasteiger partial charge is 0.266 e. The van der Waals surface area contributed by atoms with Gasteiger partial charge >= 0.3 is 0 Å². The molecular formula is C22H26N6OS. The van der Waals surface area contributed by atoms with E-state index in [9.17, 15) is 4.79 Å². The van der Waals surface area contributed by atoms with Crippen LogP contribution in [-0.2, 0) is 0 Å². The summed E-state index contributed by atoms with van der Waals surface area (Å²) in [5.41, 5.74) is 3.66. The third kappa shape index (κ3) is 3.92. The maximum absolute atomic E-state index is 13.5. The fourth-order valence-electron chi connectivity index (χ4n) is 3.93. The topological polar surface area (TPSA) is 75.1 Å². The van der Waals surface area contributed by atoms with Gasteiger partial charge in [-0.3, -0.25) is 9.78 Å². The Morgan fingerprint density at radius 2 is 1.93 bits per heavy atom. The molecule has 1 saturated heterocycles. The van der Waals surface area contributed by atoms with Crippen LogP contribution in [0.3, 0.4) is 0 Å². The number of likely N-dealkylation sites (tertiary alicyclic amines) is 1. The second-order valence-corrected chi connectivity index (χ2v) is 8.96. The van der Waals surface area contributed by atoms with E-state index in [0.717, 1.165) is 58.2 Å². The number of carbonyl (C=O) groups is 1. The van der Waals surface area contributed by atoms with E-state index in [2.05, 4.69) is 15.0 Å². The SMILES string of the molecule is Cc1nc(C)c(C(=O)N2CCCC[C@H]2c2nc(N(C)C)ncc2-c2ccncc2)s1. The molecule has 0 aliphatic carbocycles. The molecule has 4 heterocycles. The summed E-state index contributed by atoms with van der Waals surface area (Å²) in [4.78, 5) is 36.2. The van der Waals surface area contributed by atoms with Crippen LogP contribution < -0.4 is 4.90 Å². The number of aryl methyl sites for hydroxylation is 2. The first-order chi connectivity index (χ1) is 14.5. The monoisotopic (exact) mass is 422 g/mol. The molecule has 3 aromatic heterocycles. The minimum absolute atomic E-state index is 0.0495. The van der Waals surface area contributed by atoms with Gasteiger partial charge < -0.3 is 9.80 Å². The average molecular weight is 423 g/mol. The molecule has 4 rings (SSSR count). The van der Waals surface area contributed by atoms with Crippen molar-refractivity contribution in [1.29, 1.82) is 0 Å². The number of nitrogens with zero attached hydrogens (tertiary/aromatic N) is 6. The van der Waals surface area contributed by atoms with E-state index < -0.39 is 0 Å². The van der Waals surface area contributed by atoms with E-state index in [-0.39, 0.29) is 11.9 Å². The first kappa shape index (κ1) is 20.4. The molecule has 156 valence electrons. The highest BCUT2D eigenvalue weighted by atomic mass is 32.1. The number of piperidine rings is 1. The summed E-state index contributed by atoms with van der Waals surface area (Å²) in [5.74, 6) is 0.694. The Balaban J connectivity index is 1.80. The van der Waals surface area contributed by atoms with Crippen LogP contribution in [0.15, 0.2) is 30.7 Å². The van der Waals surface area contributed by atoms with Crippen LogP contribution in [0.1, 0.15) is 51.4 Å². The molecule has 1 atom stereocenters. The zero-order valence-electron chi connectivity index (χ0n) is 17.8.